The van der Waals surface area contributed by atoms with Gasteiger partial charge in [-0.2, -0.15) is 0 Å². The highest BCUT2D eigenvalue weighted by Gasteiger charge is 2.34. The van der Waals surface area contributed by atoms with E-state index in [1.807, 2.05) is 18.9 Å². The minimum Gasteiger partial charge on any atom is -0.376 e. The van der Waals surface area contributed by atoms with Gasteiger partial charge in [-0.15, -0.1) is 0 Å². The second-order valence-corrected chi connectivity index (χ2v) is 6.58. The van der Waals surface area contributed by atoms with Crippen molar-refractivity contribution >= 4 is 5.91 Å². The first kappa shape index (κ1) is 15.4. The summed E-state index contributed by atoms with van der Waals surface area (Å²) in [5.41, 5.74) is 5.90. The van der Waals surface area contributed by atoms with E-state index in [0.29, 0.717) is 6.54 Å². The van der Waals surface area contributed by atoms with Crippen LogP contribution in [0.3, 0.4) is 0 Å². The lowest BCUT2D eigenvalue weighted by molar-refractivity contribution is -0.137. The first-order valence-electron chi connectivity index (χ1n) is 6.84. The summed E-state index contributed by atoms with van der Waals surface area (Å²) in [7, 11) is 1.88. The standard InChI is InChI=1S/C14H28N2O2/c1-10-12(6-7-18-10)16(5)13(17)11(9-15)8-14(2,3)4/h10-12H,6-9,15H2,1-5H3. The number of hydrogen-bond acceptors (Lipinski definition) is 3. The SMILES string of the molecule is CC1OCCC1N(C)C(=O)C(CN)CC(C)(C)C. The number of hydrogen-bond donors (Lipinski definition) is 1. The highest BCUT2D eigenvalue weighted by atomic mass is 16.5. The molecule has 0 saturated carbocycles. The summed E-state index contributed by atoms with van der Waals surface area (Å²) in [4.78, 5) is 14.3. The van der Waals surface area contributed by atoms with Crippen LogP contribution < -0.4 is 5.73 Å². The average Bonchev–Trinajstić information content (AvgIpc) is 2.69. The molecule has 0 bridgehead atoms. The molecule has 1 saturated heterocycles. The molecular weight excluding hydrogens is 228 g/mol. The molecule has 1 aliphatic heterocycles. The van der Waals surface area contributed by atoms with Crippen LogP contribution in [0.4, 0.5) is 0 Å². The second-order valence-electron chi connectivity index (χ2n) is 6.58. The van der Waals surface area contributed by atoms with Crippen LogP contribution in [0.5, 0.6) is 0 Å². The molecule has 0 aromatic rings. The highest BCUT2D eigenvalue weighted by molar-refractivity contribution is 5.79. The van der Waals surface area contributed by atoms with Gasteiger partial charge in [0.15, 0.2) is 0 Å². The fourth-order valence-corrected chi connectivity index (χ4v) is 2.69. The zero-order valence-corrected chi connectivity index (χ0v) is 12.4. The Morgan fingerprint density at radius 1 is 1.50 bits per heavy atom. The molecule has 3 unspecified atom stereocenters. The normalized spacial score (nSPS) is 26.1. The number of carbonyl (C=O) groups is 1. The molecule has 18 heavy (non-hydrogen) atoms. The molecule has 1 fully saturated rings. The van der Waals surface area contributed by atoms with Gasteiger partial charge in [-0.05, 0) is 25.2 Å². The minimum absolute atomic E-state index is 0.0807. The monoisotopic (exact) mass is 256 g/mol. The molecule has 0 radical (unpaired) electrons. The van der Waals surface area contributed by atoms with Crippen molar-refractivity contribution in [2.45, 2.75) is 52.7 Å². The Balaban J connectivity index is 2.65. The van der Waals surface area contributed by atoms with Crippen molar-refractivity contribution in [3.8, 4) is 0 Å². The third-order valence-corrected chi connectivity index (χ3v) is 3.67. The second kappa shape index (κ2) is 6.02. The fourth-order valence-electron chi connectivity index (χ4n) is 2.69. The molecule has 0 aromatic carbocycles. The van der Waals surface area contributed by atoms with E-state index in [1.165, 1.54) is 0 Å². The van der Waals surface area contributed by atoms with Crippen LogP contribution in [0.1, 0.15) is 40.5 Å². The van der Waals surface area contributed by atoms with Gasteiger partial charge in [0.2, 0.25) is 5.91 Å². The minimum atomic E-state index is -0.0807. The first-order chi connectivity index (χ1) is 8.26. The molecule has 1 aliphatic rings. The van der Waals surface area contributed by atoms with E-state index in [1.54, 1.807) is 0 Å². The van der Waals surface area contributed by atoms with E-state index in [-0.39, 0.29) is 29.4 Å². The van der Waals surface area contributed by atoms with E-state index >= 15 is 0 Å². The Kier molecular flexibility index (Phi) is 5.17. The molecule has 1 rings (SSSR count). The number of likely N-dealkylation sites (N-methyl/N-ethyl adjacent to an activating group) is 1. The predicted molar refractivity (Wildman–Crippen MR) is 73.2 cm³/mol. The molecular formula is C14H28N2O2. The van der Waals surface area contributed by atoms with Crippen molar-refractivity contribution in [3.05, 3.63) is 0 Å². The number of amides is 1. The number of rotatable bonds is 4. The van der Waals surface area contributed by atoms with Crippen LogP contribution in [0, 0.1) is 11.3 Å². The molecule has 3 atom stereocenters. The molecule has 106 valence electrons. The maximum atomic E-state index is 12.5. The van der Waals surface area contributed by atoms with Gasteiger partial charge in [0.25, 0.3) is 0 Å². The van der Waals surface area contributed by atoms with Gasteiger partial charge in [-0.25, -0.2) is 0 Å². The largest absolute Gasteiger partial charge is 0.376 e. The lowest BCUT2D eigenvalue weighted by atomic mass is 9.84. The van der Waals surface area contributed by atoms with Crippen molar-refractivity contribution in [2.24, 2.45) is 17.1 Å². The zero-order chi connectivity index (χ0) is 13.9. The summed E-state index contributed by atoms with van der Waals surface area (Å²) in [5, 5.41) is 0. The molecule has 0 spiro atoms. The summed E-state index contributed by atoms with van der Waals surface area (Å²) in [6.07, 6.45) is 1.89. The molecule has 0 aliphatic carbocycles. The smallest absolute Gasteiger partial charge is 0.227 e. The van der Waals surface area contributed by atoms with E-state index in [4.69, 9.17) is 10.5 Å². The van der Waals surface area contributed by atoms with Gasteiger partial charge < -0.3 is 15.4 Å². The van der Waals surface area contributed by atoms with Crippen LogP contribution in [0.15, 0.2) is 0 Å². The van der Waals surface area contributed by atoms with Gasteiger partial charge in [0.05, 0.1) is 18.1 Å². The lowest BCUT2D eigenvalue weighted by Gasteiger charge is -2.32. The zero-order valence-electron chi connectivity index (χ0n) is 12.4. The Labute approximate surface area is 111 Å². The van der Waals surface area contributed by atoms with Gasteiger partial charge >= 0.3 is 0 Å². The van der Waals surface area contributed by atoms with Gasteiger partial charge in [0.1, 0.15) is 0 Å². The third kappa shape index (κ3) is 3.95. The maximum Gasteiger partial charge on any atom is 0.227 e. The van der Waals surface area contributed by atoms with Gasteiger partial charge in [0, 0.05) is 20.2 Å². The average molecular weight is 256 g/mol. The van der Waals surface area contributed by atoms with Crippen LogP contribution >= 0.6 is 0 Å². The fraction of sp³-hybridized carbons (Fsp3) is 0.929. The quantitative estimate of drug-likeness (QED) is 0.832. The highest BCUT2D eigenvalue weighted by Crippen LogP contribution is 2.27. The summed E-state index contributed by atoms with van der Waals surface area (Å²) in [6.45, 7) is 9.62. The topological polar surface area (TPSA) is 55.6 Å². The summed E-state index contributed by atoms with van der Waals surface area (Å²) in [6, 6.07) is 0.200. The molecule has 1 amide bonds. The van der Waals surface area contributed by atoms with Gasteiger partial charge in [-0.1, -0.05) is 20.8 Å². The van der Waals surface area contributed by atoms with Crippen LogP contribution in [0.2, 0.25) is 0 Å². The van der Waals surface area contributed by atoms with Crippen molar-refractivity contribution in [1.29, 1.82) is 0 Å². The van der Waals surface area contributed by atoms with E-state index in [0.717, 1.165) is 19.4 Å². The van der Waals surface area contributed by atoms with Gasteiger partial charge in [-0.3, -0.25) is 4.79 Å². The Morgan fingerprint density at radius 2 is 2.11 bits per heavy atom. The predicted octanol–water partition coefficient (Wildman–Crippen LogP) is 1.63. The number of nitrogens with two attached hydrogens (primary N) is 1. The molecule has 2 N–H and O–H groups in total. The summed E-state index contributed by atoms with van der Waals surface area (Å²) < 4.78 is 5.53. The Bertz CT molecular complexity index is 282. The van der Waals surface area contributed by atoms with Crippen LogP contribution in [-0.4, -0.2) is 43.2 Å². The van der Waals surface area contributed by atoms with E-state index in [2.05, 4.69) is 20.8 Å². The van der Waals surface area contributed by atoms with Crippen LogP contribution in [0.25, 0.3) is 0 Å². The lowest BCUT2D eigenvalue weighted by Crippen LogP contribution is -2.46. The Hall–Kier alpha value is -0.610. The molecule has 1 heterocycles. The number of carbonyl (C=O) groups excluding carboxylic acids is 1. The number of nitrogens with zero attached hydrogens (tertiary/aromatic N) is 1. The first-order valence-corrected chi connectivity index (χ1v) is 6.84. The molecule has 0 aromatic heterocycles. The van der Waals surface area contributed by atoms with Crippen molar-refractivity contribution in [3.63, 3.8) is 0 Å². The van der Waals surface area contributed by atoms with E-state index < -0.39 is 0 Å². The van der Waals surface area contributed by atoms with Crippen molar-refractivity contribution < 1.29 is 9.53 Å². The maximum absolute atomic E-state index is 12.5. The van der Waals surface area contributed by atoms with Crippen LogP contribution in [-0.2, 0) is 9.53 Å². The van der Waals surface area contributed by atoms with Crippen molar-refractivity contribution in [1.82, 2.24) is 4.90 Å². The summed E-state index contributed by atoms with van der Waals surface area (Å²) >= 11 is 0. The van der Waals surface area contributed by atoms with E-state index in [9.17, 15) is 4.79 Å². The summed E-state index contributed by atoms with van der Waals surface area (Å²) in [5.74, 6) is 0.0811. The Morgan fingerprint density at radius 3 is 2.50 bits per heavy atom. The third-order valence-electron chi connectivity index (χ3n) is 3.67. The molecule has 4 heteroatoms. The number of ether oxygens (including phenoxy) is 1. The van der Waals surface area contributed by atoms with Crippen molar-refractivity contribution in [2.75, 3.05) is 20.2 Å². The molecule has 4 nitrogen and oxygen atoms in total.